The summed E-state index contributed by atoms with van der Waals surface area (Å²) < 4.78 is 2.06. The van der Waals surface area contributed by atoms with Gasteiger partial charge in [0.05, 0.1) is 6.20 Å². The van der Waals surface area contributed by atoms with Crippen LogP contribution in [0.3, 0.4) is 0 Å². The molecule has 0 spiro atoms. The van der Waals surface area contributed by atoms with Crippen LogP contribution in [0.2, 0.25) is 0 Å². The van der Waals surface area contributed by atoms with Crippen LogP contribution in [0.4, 0.5) is 0 Å². The number of pyridine rings is 1. The number of aryl methyl sites for hydroxylation is 1. The quantitative estimate of drug-likeness (QED) is 0.518. The lowest BCUT2D eigenvalue weighted by Crippen LogP contribution is -2.17. The van der Waals surface area contributed by atoms with Crippen LogP contribution in [0.5, 0.6) is 0 Å². The molecule has 0 aromatic carbocycles. The zero-order valence-corrected chi connectivity index (χ0v) is 5.83. The SMILES string of the molecule is Cc1ccc[n+]2cc[nH]c12. The van der Waals surface area contributed by atoms with Crippen LogP contribution in [0.15, 0.2) is 30.7 Å². The highest BCUT2D eigenvalue weighted by Crippen LogP contribution is 1.98. The van der Waals surface area contributed by atoms with Crippen molar-refractivity contribution in [3.05, 3.63) is 36.3 Å². The van der Waals surface area contributed by atoms with E-state index in [0.717, 1.165) is 0 Å². The number of rotatable bonds is 0. The predicted octanol–water partition coefficient (Wildman–Crippen LogP) is 1.06. The van der Waals surface area contributed by atoms with Crippen LogP contribution >= 0.6 is 0 Å². The molecule has 0 fully saturated rings. The molecule has 0 bridgehead atoms. The topological polar surface area (TPSA) is 19.9 Å². The van der Waals surface area contributed by atoms with Gasteiger partial charge in [-0.3, -0.25) is 0 Å². The fourth-order valence-electron chi connectivity index (χ4n) is 1.15. The third kappa shape index (κ3) is 0.620. The Balaban J connectivity index is 2.95. The molecule has 2 heterocycles. The summed E-state index contributed by atoms with van der Waals surface area (Å²) in [5.74, 6) is 0. The first-order valence-electron chi connectivity index (χ1n) is 3.32. The summed E-state index contributed by atoms with van der Waals surface area (Å²) in [6.45, 7) is 2.09. The number of imidazole rings is 1. The van der Waals surface area contributed by atoms with E-state index in [2.05, 4.69) is 22.4 Å². The van der Waals surface area contributed by atoms with Gasteiger partial charge in [0.25, 0.3) is 5.65 Å². The predicted molar refractivity (Wildman–Crippen MR) is 38.7 cm³/mol. The van der Waals surface area contributed by atoms with E-state index in [4.69, 9.17) is 0 Å². The highest BCUT2D eigenvalue weighted by atomic mass is 15.0. The van der Waals surface area contributed by atoms with E-state index in [1.54, 1.807) is 0 Å². The van der Waals surface area contributed by atoms with Crippen LogP contribution in [0, 0.1) is 6.92 Å². The lowest BCUT2D eigenvalue weighted by molar-refractivity contribution is -0.510. The van der Waals surface area contributed by atoms with E-state index < -0.39 is 0 Å². The van der Waals surface area contributed by atoms with Gasteiger partial charge in [-0.15, -0.1) is 0 Å². The van der Waals surface area contributed by atoms with E-state index in [1.807, 2.05) is 24.7 Å². The lowest BCUT2D eigenvalue weighted by atomic mass is 10.3. The van der Waals surface area contributed by atoms with Crippen molar-refractivity contribution in [3.8, 4) is 0 Å². The van der Waals surface area contributed by atoms with Crippen LogP contribution in [0.25, 0.3) is 5.65 Å². The van der Waals surface area contributed by atoms with Gasteiger partial charge in [0.1, 0.15) is 12.4 Å². The summed E-state index contributed by atoms with van der Waals surface area (Å²) in [5, 5.41) is 0. The highest BCUT2D eigenvalue weighted by Gasteiger charge is 2.01. The molecule has 0 aliphatic rings. The largest absolute Gasteiger partial charge is 0.286 e. The van der Waals surface area contributed by atoms with Crippen molar-refractivity contribution in [1.82, 2.24) is 4.98 Å². The van der Waals surface area contributed by atoms with Gasteiger partial charge in [-0.2, -0.15) is 0 Å². The zero-order valence-electron chi connectivity index (χ0n) is 5.83. The molecule has 2 nitrogen and oxygen atoms in total. The molecule has 1 N–H and O–H groups in total. The number of hydrogen-bond donors (Lipinski definition) is 1. The maximum Gasteiger partial charge on any atom is 0.286 e. The van der Waals surface area contributed by atoms with Gasteiger partial charge in [-0.1, -0.05) is 0 Å². The third-order valence-electron chi connectivity index (χ3n) is 1.68. The number of nitrogens with one attached hydrogen (secondary N) is 1. The first-order chi connectivity index (χ1) is 4.88. The van der Waals surface area contributed by atoms with Crippen molar-refractivity contribution in [3.63, 3.8) is 0 Å². The van der Waals surface area contributed by atoms with Crippen LogP contribution < -0.4 is 4.40 Å². The summed E-state index contributed by atoms with van der Waals surface area (Å²) >= 11 is 0. The van der Waals surface area contributed by atoms with E-state index in [1.165, 1.54) is 11.2 Å². The Morgan fingerprint density at radius 1 is 1.40 bits per heavy atom. The molecular weight excluding hydrogens is 124 g/mol. The van der Waals surface area contributed by atoms with Gasteiger partial charge < -0.3 is 0 Å². The molecule has 2 rings (SSSR count). The second-order valence-electron chi connectivity index (χ2n) is 2.41. The van der Waals surface area contributed by atoms with Crippen molar-refractivity contribution in [2.24, 2.45) is 0 Å². The van der Waals surface area contributed by atoms with E-state index in [-0.39, 0.29) is 0 Å². The van der Waals surface area contributed by atoms with Gasteiger partial charge in [0.2, 0.25) is 0 Å². The van der Waals surface area contributed by atoms with Crippen molar-refractivity contribution in [2.45, 2.75) is 6.92 Å². The second-order valence-corrected chi connectivity index (χ2v) is 2.41. The Morgan fingerprint density at radius 2 is 2.30 bits per heavy atom. The highest BCUT2D eigenvalue weighted by molar-refractivity contribution is 5.38. The van der Waals surface area contributed by atoms with Gasteiger partial charge in [-0.05, 0) is 19.1 Å². The number of H-pyrrole nitrogens is 1. The first-order valence-corrected chi connectivity index (χ1v) is 3.32. The summed E-state index contributed by atoms with van der Waals surface area (Å²) in [6, 6.07) is 4.13. The fourth-order valence-corrected chi connectivity index (χ4v) is 1.15. The number of aromatic amines is 1. The van der Waals surface area contributed by atoms with Crippen LogP contribution in [0.1, 0.15) is 5.56 Å². The second kappa shape index (κ2) is 1.84. The van der Waals surface area contributed by atoms with Gasteiger partial charge >= 0.3 is 0 Å². The zero-order chi connectivity index (χ0) is 6.97. The minimum Gasteiger partial charge on any atom is -0.243 e. The first kappa shape index (κ1) is 5.47. The molecule has 0 radical (unpaired) electrons. The monoisotopic (exact) mass is 133 g/mol. The molecule has 0 saturated carbocycles. The lowest BCUT2D eigenvalue weighted by Gasteiger charge is -1.86. The Morgan fingerprint density at radius 3 is 3.10 bits per heavy atom. The molecule has 0 unspecified atom stereocenters. The molecule has 2 aromatic heterocycles. The molecule has 0 atom stereocenters. The molecule has 2 aromatic rings. The van der Waals surface area contributed by atoms with Crippen LogP contribution in [-0.4, -0.2) is 4.98 Å². The van der Waals surface area contributed by atoms with Gasteiger partial charge in [-0.25, -0.2) is 9.38 Å². The minimum atomic E-state index is 1.17. The van der Waals surface area contributed by atoms with E-state index in [9.17, 15) is 0 Å². The molecule has 10 heavy (non-hydrogen) atoms. The summed E-state index contributed by atoms with van der Waals surface area (Å²) in [5.41, 5.74) is 2.44. The Labute approximate surface area is 59.1 Å². The molecule has 0 aliphatic carbocycles. The average molecular weight is 133 g/mol. The molecular formula is C8H9N2+. The van der Waals surface area contributed by atoms with E-state index in [0.29, 0.717) is 0 Å². The Kier molecular flexibility index (Phi) is 1.01. The number of aromatic nitrogens is 2. The normalized spacial score (nSPS) is 10.5. The average Bonchev–Trinajstić information content (AvgIpc) is 2.36. The summed E-state index contributed by atoms with van der Waals surface area (Å²) in [6.07, 6.45) is 5.96. The minimum absolute atomic E-state index is 1.17. The number of fused-ring (bicyclic) bond motifs is 1. The molecule has 2 heteroatoms. The van der Waals surface area contributed by atoms with Crippen molar-refractivity contribution in [1.29, 1.82) is 0 Å². The fraction of sp³-hybridized carbons (Fsp3) is 0.125. The third-order valence-corrected chi connectivity index (χ3v) is 1.68. The molecule has 0 saturated heterocycles. The maximum atomic E-state index is 3.15. The van der Waals surface area contributed by atoms with Gasteiger partial charge in [0, 0.05) is 5.56 Å². The summed E-state index contributed by atoms with van der Waals surface area (Å²) in [4.78, 5) is 3.15. The smallest absolute Gasteiger partial charge is 0.243 e. The molecule has 0 aliphatic heterocycles. The molecule has 50 valence electrons. The molecule has 0 amide bonds. The standard InChI is InChI=1S/C8H8N2/c1-7-3-2-5-10-6-4-9-8(7)10/h2-6H,1H3/p+1. The van der Waals surface area contributed by atoms with Crippen LogP contribution in [-0.2, 0) is 0 Å². The Hall–Kier alpha value is -1.31. The van der Waals surface area contributed by atoms with E-state index >= 15 is 0 Å². The Bertz CT molecular complexity index is 349. The maximum absolute atomic E-state index is 3.15. The van der Waals surface area contributed by atoms with Gasteiger partial charge in [0.15, 0.2) is 0 Å². The van der Waals surface area contributed by atoms with Crippen molar-refractivity contribution in [2.75, 3.05) is 0 Å². The van der Waals surface area contributed by atoms with Crippen molar-refractivity contribution < 1.29 is 4.40 Å². The number of hydrogen-bond acceptors (Lipinski definition) is 0. The summed E-state index contributed by atoms with van der Waals surface area (Å²) in [7, 11) is 0. The van der Waals surface area contributed by atoms with Crippen molar-refractivity contribution >= 4 is 5.65 Å². The number of nitrogens with zero attached hydrogens (tertiary/aromatic N) is 1.